The fourth-order valence-corrected chi connectivity index (χ4v) is 1.39. The van der Waals surface area contributed by atoms with Crippen molar-refractivity contribution in [3.05, 3.63) is 57.3 Å². The van der Waals surface area contributed by atoms with Crippen LogP contribution in [0.15, 0.2) is 35.4 Å². The maximum absolute atomic E-state index is 13.3. The molecule has 0 saturated carbocycles. The van der Waals surface area contributed by atoms with Gasteiger partial charge in [0.2, 0.25) is 5.88 Å². The lowest BCUT2D eigenvalue weighted by Gasteiger charge is -2.06. The predicted molar refractivity (Wildman–Crippen MR) is 60.6 cm³/mol. The van der Waals surface area contributed by atoms with Gasteiger partial charge in [0, 0.05) is 5.56 Å². The number of benzene rings is 1. The van der Waals surface area contributed by atoms with E-state index < -0.39 is 5.56 Å². The normalized spacial score (nSPS) is 10.2. The number of aromatic nitrogens is 2. The van der Waals surface area contributed by atoms with Crippen molar-refractivity contribution in [2.24, 2.45) is 0 Å². The first-order chi connectivity index (χ1) is 8.18. The Kier molecular flexibility index (Phi) is 3.39. The third-order valence-corrected chi connectivity index (χ3v) is 2.42. The molecule has 1 aromatic carbocycles. The van der Waals surface area contributed by atoms with E-state index in [0.717, 1.165) is 0 Å². The maximum atomic E-state index is 13.3. The Morgan fingerprint density at radius 2 is 2.18 bits per heavy atom. The molecule has 0 spiro atoms. The van der Waals surface area contributed by atoms with Crippen molar-refractivity contribution < 1.29 is 9.13 Å². The lowest BCUT2D eigenvalue weighted by Crippen LogP contribution is -2.10. The maximum Gasteiger partial charge on any atom is 0.273 e. The summed E-state index contributed by atoms with van der Waals surface area (Å²) in [5, 5.41) is -0.149. The Morgan fingerprint density at radius 1 is 1.41 bits per heavy atom. The summed E-state index contributed by atoms with van der Waals surface area (Å²) in [6.07, 6.45) is 1.17. The van der Waals surface area contributed by atoms with E-state index in [-0.39, 0.29) is 23.3 Å². The van der Waals surface area contributed by atoms with E-state index in [4.69, 9.17) is 16.3 Å². The van der Waals surface area contributed by atoms with Crippen molar-refractivity contribution in [1.29, 1.82) is 0 Å². The molecule has 6 heteroatoms. The Labute approximate surface area is 101 Å². The fourth-order valence-electron chi connectivity index (χ4n) is 1.23. The van der Waals surface area contributed by atoms with Gasteiger partial charge in [-0.2, -0.15) is 0 Å². The molecule has 1 heterocycles. The molecule has 0 unspecified atom stereocenters. The number of H-pyrrole nitrogens is 1. The molecule has 4 nitrogen and oxygen atoms in total. The van der Waals surface area contributed by atoms with E-state index >= 15 is 0 Å². The zero-order valence-electron chi connectivity index (χ0n) is 8.61. The minimum absolute atomic E-state index is 0.0151. The fraction of sp³-hybridized carbons (Fsp3) is 0.0909. The first-order valence-corrected chi connectivity index (χ1v) is 5.15. The SMILES string of the molecule is O=c1[nH]cnc(OCc2ccccc2F)c1Cl. The van der Waals surface area contributed by atoms with E-state index in [1.165, 1.54) is 12.4 Å². The van der Waals surface area contributed by atoms with Gasteiger partial charge < -0.3 is 9.72 Å². The predicted octanol–water partition coefficient (Wildman–Crippen LogP) is 2.14. The summed E-state index contributed by atoms with van der Waals surface area (Å²) in [5.41, 5.74) is -0.129. The Balaban J connectivity index is 2.16. The lowest BCUT2D eigenvalue weighted by molar-refractivity contribution is 0.287. The van der Waals surface area contributed by atoms with Crippen LogP contribution in [0.1, 0.15) is 5.56 Å². The van der Waals surface area contributed by atoms with Gasteiger partial charge in [-0.05, 0) is 6.07 Å². The number of nitrogens with one attached hydrogen (secondary N) is 1. The van der Waals surface area contributed by atoms with Crippen molar-refractivity contribution >= 4 is 11.6 Å². The van der Waals surface area contributed by atoms with Crippen LogP contribution >= 0.6 is 11.6 Å². The number of ether oxygens (including phenoxy) is 1. The number of halogens is 2. The highest BCUT2D eigenvalue weighted by Gasteiger charge is 2.08. The Bertz CT molecular complexity index is 586. The topological polar surface area (TPSA) is 55.0 Å². The lowest BCUT2D eigenvalue weighted by atomic mass is 10.2. The van der Waals surface area contributed by atoms with E-state index in [9.17, 15) is 9.18 Å². The number of hydrogen-bond donors (Lipinski definition) is 1. The molecule has 0 amide bonds. The number of rotatable bonds is 3. The molecule has 0 saturated heterocycles. The first-order valence-electron chi connectivity index (χ1n) is 4.78. The molecule has 17 heavy (non-hydrogen) atoms. The molecule has 0 bridgehead atoms. The van der Waals surface area contributed by atoms with Crippen LogP contribution in [0.3, 0.4) is 0 Å². The monoisotopic (exact) mass is 254 g/mol. The summed E-state index contributed by atoms with van der Waals surface area (Å²) in [6.45, 7) is -0.0388. The second-order valence-electron chi connectivity index (χ2n) is 3.23. The molecule has 0 fully saturated rings. The van der Waals surface area contributed by atoms with Gasteiger partial charge in [-0.3, -0.25) is 4.79 Å². The Morgan fingerprint density at radius 3 is 2.94 bits per heavy atom. The average Bonchev–Trinajstić information content (AvgIpc) is 2.33. The van der Waals surface area contributed by atoms with Crippen LogP contribution in [0.25, 0.3) is 0 Å². The van der Waals surface area contributed by atoms with E-state index in [0.29, 0.717) is 5.56 Å². The third-order valence-electron chi connectivity index (χ3n) is 2.09. The van der Waals surface area contributed by atoms with E-state index in [2.05, 4.69) is 9.97 Å². The number of aromatic amines is 1. The minimum Gasteiger partial charge on any atom is -0.471 e. The van der Waals surface area contributed by atoms with Gasteiger partial charge in [-0.1, -0.05) is 29.8 Å². The summed E-state index contributed by atoms with van der Waals surface area (Å²) in [6, 6.07) is 6.17. The van der Waals surface area contributed by atoms with Gasteiger partial charge in [0.1, 0.15) is 12.4 Å². The smallest absolute Gasteiger partial charge is 0.273 e. The molecular formula is C11H8ClFN2O2. The Hall–Kier alpha value is -1.88. The molecule has 88 valence electrons. The molecule has 0 radical (unpaired) electrons. The summed E-state index contributed by atoms with van der Waals surface area (Å²) >= 11 is 5.67. The summed E-state index contributed by atoms with van der Waals surface area (Å²) in [4.78, 5) is 17.2. The summed E-state index contributed by atoms with van der Waals surface area (Å²) < 4.78 is 18.5. The zero-order valence-corrected chi connectivity index (χ0v) is 9.37. The molecule has 1 N–H and O–H groups in total. The van der Waals surface area contributed by atoms with Crippen molar-refractivity contribution in [3.8, 4) is 5.88 Å². The molecule has 2 rings (SSSR count). The van der Waals surface area contributed by atoms with Gasteiger partial charge in [-0.15, -0.1) is 0 Å². The molecule has 0 aliphatic carbocycles. The molecule has 1 aromatic heterocycles. The van der Waals surface area contributed by atoms with Gasteiger partial charge in [0.15, 0.2) is 5.02 Å². The summed E-state index contributed by atoms with van der Waals surface area (Å²) in [5.74, 6) is -0.396. The largest absolute Gasteiger partial charge is 0.471 e. The quantitative estimate of drug-likeness (QED) is 0.913. The number of nitrogens with zero attached hydrogens (tertiary/aromatic N) is 1. The van der Waals surface area contributed by atoms with Crippen LogP contribution in [0, 0.1) is 5.82 Å². The molecule has 0 aliphatic heterocycles. The van der Waals surface area contributed by atoms with Crippen LogP contribution in [0.4, 0.5) is 4.39 Å². The second kappa shape index (κ2) is 4.97. The van der Waals surface area contributed by atoms with Crippen molar-refractivity contribution in [2.75, 3.05) is 0 Å². The van der Waals surface area contributed by atoms with Crippen molar-refractivity contribution in [3.63, 3.8) is 0 Å². The molecule has 2 aromatic rings. The van der Waals surface area contributed by atoms with Gasteiger partial charge >= 0.3 is 0 Å². The molecule has 0 aliphatic rings. The van der Waals surface area contributed by atoms with Crippen LogP contribution in [-0.2, 0) is 6.61 Å². The highest BCUT2D eigenvalue weighted by molar-refractivity contribution is 6.31. The zero-order chi connectivity index (χ0) is 12.3. The van der Waals surface area contributed by atoms with E-state index in [1.807, 2.05) is 0 Å². The minimum atomic E-state index is -0.495. The third kappa shape index (κ3) is 2.62. The van der Waals surface area contributed by atoms with E-state index in [1.54, 1.807) is 18.2 Å². The molecule has 0 atom stereocenters. The van der Waals surface area contributed by atoms with Crippen LogP contribution in [-0.4, -0.2) is 9.97 Å². The first kappa shape index (κ1) is 11.6. The average molecular weight is 255 g/mol. The van der Waals surface area contributed by atoms with Crippen LogP contribution in [0.5, 0.6) is 5.88 Å². The van der Waals surface area contributed by atoms with Gasteiger partial charge in [0.05, 0.1) is 6.33 Å². The van der Waals surface area contributed by atoms with Gasteiger partial charge in [-0.25, -0.2) is 9.37 Å². The molecular weight excluding hydrogens is 247 g/mol. The van der Waals surface area contributed by atoms with Crippen molar-refractivity contribution in [1.82, 2.24) is 9.97 Å². The van der Waals surface area contributed by atoms with Crippen LogP contribution < -0.4 is 10.3 Å². The second-order valence-corrected chi connectivity index (χ2v) is 3.61. The van der Waals surface area contributed by atoms with Crippen LogP contribution in [0.2, 0.25) is 5.02 Å². The highest BCUT2D eigenvalue weighted by atomic mass is 35.5. The van der Waals surface area contributed by atoms with Crippen molar-refractivity contribution in [2.45, 2.75) is 6.61 Å². The number of hydrogen-bond acceptors (Lipinski definition) is 3. The summed E-state index contributed by atoms with van der Waals surface area (Å²) in [7, 11) is 0. The van der Waals surface area contributed by atoms with Gasteiger partial charge in [0.25, 0.3) is 5.56 Å². The highest BCUT2D eigenvalue weighted by Crippen LogP contribution is 2.17. The standard InChI is InChI=1S/C11H8ClFN2O2/c12-9-10(16)14-6-15-11(9)17-5-7-3-1-2-4-8(7)13/h1-4,6H,5H2,(H,14,15,16).